The first-order valence-corrected chi connectivity index (χ1v) is 10.1. The van der Waals surface area contributed by atoms with Gasteiger partial charge in [0, 0.05) is 15.7 Å². The molecular weight excluding hydrogens is 446 g/mol. The second kappa shape index (κ2) is 8.16. The number of hydrogen-bond donors (Lipinski definition) is 1. The molecule has 3 aromatic carbocycles. The normalized spacial score (nSPS) is 17.9. The minimum absolute atomic E-state index is 0.0411. The number of carbonyl (C=O) groups is 2. The fourth-order valence-corrected chi connectivity index (χ4v) is 3.84. The van der Waals surface area contributed by atoms with Crippen LogP contribution in [-0.2, 0) is 9.59 Å². The maximum absolute atomic E-state index is 13.1. The van der Waals surface area contributed by atoms with Gasteiger partial charge in [-0.2, -0.15) is 0 Å². The highest BCUT2D eigenvalue weighted by Crippen LogP contribution is 2.42. The Bertz CT molecular complexity index is 1140. The molecule has 4 rings (SSSR count). The summed E-state index contributed by atoms with van der Waals surface area (Å²) < 4.78 is 6.17. The topological polar surface area (TPSA) is 66.8 Å². The van der Waals surface area contributed by atoms with Crippen LogP contribution in [0.1, 0.15) is 17.2 Å². The number of carbonyl (C=O) groups excluding carboxylic acids is 2. The van der Waals surface area contributed by atoms with E-state index in [1.54, 1.807) is 73.8 Å². The number of rotatable bonds is 4. The van der Waals surface area contributed by atoms with E-state index in [2.05, 4.69) is 15.9 Å². The first-order valence-electron chi connectivity index (χ1n) is 9.27. The van der Waals surface area contributed by atoms with Gasteiger partial charge >= 0.3 is 0 Å². The summed E-state index contributed by atoms with van der Waals surface area (Å²) >= 11 is 3.36. The van der Waals surface area contributed by atoms with Crippen LogP contribution in [0, 0.1) is 0 Å². The monoisotopic (exact) mass is 463 g/mol. The molecule has 1 N–H and O–H groups in total. The first-order chi connectivity index (χ1) is 14.5. The molecule has 3 aromatic rings. The molecule has 6 heteroatoms. The van der Waals surface area contributed by atoms with E-state index in [0.717, 1.165) is 4.47 Å². The Morgan fingerprint density at radius 1 is 0.967 bits per heavy atom. The number of ether oxygens (including phenoxy) is 1. The van der Waals surface area contributed by atoms with Gasteiger partial charge in [-0.15, -0.1) is 0 Å². The van der Waals surface area contributed by atoms with Crippen LogP contribution in [0.4, 0.5) is 5.69 Å². The number of Topliss-reactive ketones (excluding diaryl/α,β-unsaturated/α-hetero) is 1. The van der Waals surface area contributed by atoms with E-state index in [1.165, 1.54) is 4.90 Å². The van der Waals surface area contributed by atoms with Crippen molar-refractivity contribution in [2.45, 2.75) is 6.04 Å². The van der Waals surface area contributed by atoms with Gasteiger partial charge in [0.25, 0.3) is 11.7 Å². The summed E-state index contributed by atoms with van der Waals surface area (Å²) in [5.41, 5.74) is 1.73. The fourth-order valence-electron chi connectivity index (χ4n) is 3.58. The molecule has 0 spiro atoms. The minimum Gasteiger partial charge on any atom is -0.507 e. The van der Waals surface area contributed by atoms with Crippen LogP contribution in [0.5, 0.6) is 5.75 Å². The van der Waals surface area contributed by atoms with Crippen LogP contribution >= 0.6 is 15.9 Å². The number of halogens is 1. The van der Waals surface area contributed by atoms with Crippen molar-refractivity contribution in [3.05, 3.63) is 100 Å². The fraction of sp³-hybridized carbons (Fsp3) is 0.0833. The summed E-state index contributed by atoms with van der Waals surface area (Å²) in [6.07, 6.45) is 0. The van der Waals surface area contributed by atoms with Crippen molar-refractivity contribution in [1.29, 1.82) is 0 Å². The van der Waals surface area contributed by atoms with E-state index in [-0.39, 0.29) is 11.3 Å². The van der Waals surface area contributed by atoms with E-state index in [4.69, 9.17) is 4.74 Å². The number of aliphatic hydroxyl groups excluding tert-OH is 1. The summed E-state index contributed by atoms with van der Waals surface area (Å²) in [5, 5.41) is 11.1. The lowest BCUT2D eigenvalue weighted by Gasteiger charge is -2.25. The van der Waals surface area contributed by atoms with E-state index in [1.807, 2.05) is 12.1 Å². The molecule has 30 heavy (non-hydrogen) atoms. The van der Waals surface area contributed by atoms with E-state index >= 15 is 0 Å². The van der Waals surface area contributed by atoms with Gasteiger partial charge < -0.3 is 9.84 Å². The lowest BCUT2D eigenvalue weighted by atomic mass is 9.95. The van der Waals surface area contributed by atoms with Gasteiger partial charge in [-0.25, -0.2) is 0 Å². The van der Waals surface area contributed by atoms with Crippen LogP contribution in [0.3, 0.4) is 0 Å². The largest absolute Gasteiger partial charge is 0.507 e. The van der Waals surface area contributed by atoms with Gasteiger partial charge in [-0.05, 0) is 42.0 Å². The van der Waals surface area contributed by atoms with Crippen molar-refractivity contribution in [1.82, 2.24) is 0 Å². The molecule has 0 radical (unpaired) electrons. The number of amides is 1. The summed E-state index contributed by atoms with van der Waals surface area (Å²) in [6, 6.07) is 22.2. The molecule has 1 saturated heterocycles. The highest BCUT2D eigenvalue weighted by atomic mass is 79.9. The van der Waals surface area contributed by atoms with Crippen LogP contribution in [-0.4, -0.2) is 23.9 Å². The van der Waals surface area contributed by atoms with Crippen molar-refractivity contribution in [2.24, 2.45) is 0 Å². The van der Waals surface area contributed by atoms with Gasteiger partial charge in [0.2, 0.25) is 0 Å². The number of ketones is 1. The number of anilines is 1. The van der Waals surface area contributed by atoms with Crippen molar-refractivity contribution in [2.75, 3.05) is 12.0 Å². The molecular formula is C24H18BrNO4. The summed E-state index contributed by atoms with van der Waals surface area (Å²) in [4.78, 5) is 27.5. The summed E-state index contributed by atoms with van der Waals surface area (Å²) in [5.74, 6) is -1.04. The Hall–Kier alpha value is -3.38. The predicted molar refractivity (Wildman–Crippen MR) is 118 cm³/mol. The Morgan fingerprint density at radius 2 is 1.67 bits per heavy atom. The van der Waals surface area contributed by atoms with E-state index in [9.17, 15) is 14.7 Å². The maximum atomic E-state index is 13.1. The summed E-state index contributed by atoms with van der Waals surface area (Å²) in [7, 11) is 1.55. The number of para-hydroxylation sites is 1. The molecule has 1 aliphatic heterocycles. The smallest absolute Gasteiger partial charge is 0.300 e. The van der Waals surface area contributed by atoms with Crippen LogP contribution < -0.4 is 9.64 Å². The third-order valence-corrected chi connectivity index (χ3v) is 5.53. The van der Waals surface area contributed by atoms with E-state index < -0.39 is 17.7 Å². The Kier molecular flexibility index (Phi) is 5.42. The average molecular weight is 464 g/mol. The quantitative estimate of drug-likeness (QED) is 0.332. The Balaban J connectivity index is 1.95. The van der Waals surface area contributed by atoms with Crippen molar-refractivity contribution in [3.63, 3.8) is 0 Å². The van der Waals surface area contributed by atoms with Gasteiger partial charge in [-0.3, -0.25) is 14.5 Å². The first kappa shape index (κ1) is 19.9. The molecule has 150 valence electrons. The molecule has 1 fully saturated rings. The molecule has 0 saturated carbocycles. The van der Waals surface area contributed by atoms with Gasteiger partial charge in [-0.1, -0.05) is 58.4 Å². The lowest BCUT2D eigenvalue weighted by molar-refractivity contribution is -0.132. The highest BCUT2D eigenvalue weighted by Gasteiger charge is 2.47. The molecule has 0 unspecified atom stereocenters. The number of benzene rings is 3. The second-order valence-corrected chi connectivity index (χ2v) is 7.70. The van der Waals surface area contributed by atoms with Gasteiger partial charge in [0.1, 0.15) is 11.5 Å². The zero-order valence-electron chi connectivity index (χ0n) is 16.1. The third-order valence-electron chi connectivity index (χ3n) is 5.01. The Morgan fingerprint density at radius 3 is 2.33 bits per heavy atom. The van der Waals surface area contributed by atoms with Crippen LogP contribution in [0.25, 0.3) is 5.76 Å². The maximum Gasteiger partial charge on any atom is 0.300 e. The standard InChI is InChI=1S/C24H18BrNO4/c1-30-19-9-5-6-16(14-19)21-20(22(27)15-10-12-17(25)13-11-15)23(28)24(29)26(21)18-7-3-2-4-8-18/h2-14,21,27H,1H3/t21-/m1/s1. The third kappa shape index (κ3) is 3.50. The second-order valence-electron chi connectivity index (χ2n) is 6.79. The lowest BCUT2D eigenvalue weighted by Crippen LogP contribution is -2.29. The van der Waals surface area contributed by atoms with Crippen molar-refractivity contribution >= 4 is 39.1 Å². The number of nitrogens with zero attached hydrogens (tertiary/aromatic N) is 1. The molecule has 0 aliphatic carbocycles. The van der Waals surface area contributed by atoms with Gasteiger partial charge in [0.15, 0.2) is 0 Å². The Labute approximate surface area is 182 Å². The summed E-state index contributed by atoms with van der Waals surface area (Å²) in [6.45, 7) is 0. The highest BCUT2D eigenvalue weighted by molar-refractivity contribution is 9.10. The van der Waals surface area contributed by atoms with Crippen LogP contribution in [0.2, 0.25) is 0 Å². The average Bonchev–Trinajstić information content (AvgIpc) is 3.05. The molecule has 1 atom stereocenters. The number of hydrogen-bond acceptors (Lipinski definition) is 4. The molecule has 0 aromatic heterocycles. The van der Waals surface area contributed by atoms with Crippen molar-refractivity contribution < 1.29 is 19.4 Å². The predicted octanol–water partition coefficient (Wildman–Crippen LogP) is 5.08. The zero-order chi connectivity index (χ0) is 21.3. The SMILES string of the molecule is COc1cccc([C@@H]2C(=C(O)c3ccc(Br)cc3)C(=O)C(=O)N2c2ccccc2)c1. The number of aliphatic hydroxyl groups is 1. The molecule has 1 amide bonds. The van der Waals surface area contributed by atoms with Gasteiger partial charge in [0.05, 0.1) is 18.7 Å². The van der Waals surface area contributed by atoms with E-state index in [0.29, 0.717) is 22.6 Å². The zero-order valence-corrected chi connectivity index (χ0v) is 17.7. The molecule has 1 aliphatic rings. The minimum atomic E-state index is -0.786. The molecule has 1 heterocycles. The number of methoxy groups -OCH3 is 1. The molecule has 0 bridgehead atoms. The van der Waals surface area contributed by atoms with Crippen molar-refractivity contribution in [3.8, 4) is 5.75 Å². The van der Waals surface area contributed by atoms with Crippen LogP contribution in [0.15, 0.2) is 88.9 Å². The molecule has 5 nitrogen and oxygen atoms in total.